The van der Waals surface area contributed by atoms with Gasteiger partial charge in [0.25, 0.3) is 5.91 Å². The molecule has 0 aliphatic rings. The molecule has 2 N–H and O–H groups in total. The highest BCUT2D eigenvalue weighted by Gasteiger charge is 2.38. The van der Waals surface area contributed by atoms with Crippen LogP contribution in [0.5, 0.6) is 0 Å². The highest BCUT2D eigenvalue weighted by atomic mass is 19.4. The normalized spacial score (nSPS) is 11.8. The van der Waals surface area contributed by atoms with Gasteiger partial charge in [0.2, 0.25) is 0 Å². The molecular formula is C24H20F3N3O2. The van der Waals surface area contributed by atoms with Crippen LogP contribution in [0, 0.1) is 0 Å². The Bertz CT molecular complexity index is 1070. The Kier molecular flexibility index (Phi) is 7.04. The summed E-state index contributed by atoms with van der Waals surface area (Å²) in [6.45, 7) is 1.60. The third kappa shape index (κ3) is 5.81. The third-order valence-electron chi connectivity index (χ3n) is 4.66. The molecule has 3 aromatic rings. The first-order valence-corrected chi connectivity index (χ1v) is 9.68. The van der Waals surface area contributed by atoms with Crippen molar-refractivity contribution in [3.05, 3.63) is 102 Å². The van der Waals surface area contributed by atoms with Crippen LogP contribution in [0.4, 0.5) is 18.9 Å². The van der Waals surface area contributed by atoms with Crippen molar-refractivity contribution >= 4 is 23.2 Å². The number of amides is 2. The van der Waals surface area contributed by atoms with Crippen molar-refractivity contribution in [3.63, 3.8) is 0 Å². The quantitative estimate of drug-likeness (QED) is 0.425. The lowest BCUT2D eigenvalue weighted by atomic mass is 9.91. The van der Waals surface area contributed by atoms with Crippen molar-refractivity contribution in [3.8, 4) is 0 Å². The van der Waals surface area contributed by atoms with Gasteiger partial charge in [-0.1, -0.05) is 72.8 Å². The zero-order valence-electron chi connectivity index (χ0n) is 17.1. The monoisotopic (exact) mass is 439 g/mol. The van der Waals surface area contributed by atoms with Gasteiger partial charge < -0.3 is 5.32 Å². The van der Waals surface area contributed by atoms with Gasteiger partial charge in [0.1, 0.15) is 0 Å². The molecule has 0 aromatic heterocycles. The summed E-state index contributed by atoms with van der Waals surface area (Å²) in [4.78, 5) is 24.2. The van der Waals surface area contributed by atoms with E-state index >= 15 is 0 Å². The summed E-state index contributed by atoms with van der Waals surface area (Å²) in [5.74, 6) is -3.01. The summed E-state index contributed by atoms with van der Waals surface area (Å²) >= 11 is 0. The van der Waals surface area contributed by atoms with Crippen LogP contribution >= 0.6 is 0 Å². The molecule has 5 nitrogen and oxygen atoms in total. The van der Waals surface area contributed by atoms with E-state index in [0.717, 1.165) is 11.1 Å². The molecule has 0 fully saturated rings. The number of carbonyl (C=O) groups excluding carboxylic acids is 2. The fourth-order valence-electron chi connectivity index (χ4n) is 3.08. The molecule has 0 atom stereocenters. The van der Waals surface area contributed by atoms with E-state index in [4.69, 9.17) is 0 Å². The van der Waals surface area contributed by atoms with Crippen LogP contribution in [0.15, 0.2) is 90.0 Å². The van der Waals surface area contributed by atoms with Gasteiger partial charge in [-0.25, -0.2) is 5.43 Å². The number of carbonyl (C=O) groups is 2. The van der Waals surface area contributed by atoms with E-state index in [9.17, 15) is 22.8 Å². The lowest BCUT2D eigenvalue weighted by molar-refractivity contribution is -0.167. The summed E-state index contributed by atoms with van der Waals surface area (Å²) in [5, 5.41) is 5.91. The number of hydrazone groups is 1. The maximum Gasteiger partial charge on any atom is 0.471 e. The number of hydrogen-bond acceptors (Lipinski definition) is 3. The molecule has 32 heavy (non-hydrogen) atoms. The molecule has 2 amide bonds. The first-order valence-electron chi connectivity index (χ1n) is 9.68. The molecule has 0 spiro atoms. The van der Waals surface area contributed by atoms with Crippen molar-refractivity contribution in [1.29, 1.82) is 0 Å². The lowest BCUT2D eigenvalue weighted by Crippen LogP contribution is -2.30. The average molecular weight is 439 g/mol. The van der Waals surface area contributed by atoms with Gasteiger partial charge in [0, 0.05) is 5.69 Å². The van der Waals surface area contributed by atoms with Gasteiger partial charge in [-0.15, -0.1) is 0 Å². The van der Waals surface area contributed by atoms with Crippen LogP contribution in [-0.2, 0) is 9.59 Å². The number of rotatable bonds is 6. The van der Waals surface area contributed by atoms with Gasteiger partial charge in [-0.05, 0) is 35.7 Å². The number of alkyl halides is 3. The predicted molar refractivity (Wildman–Crippen MR) is 116 cm³/mol. The zero-order chi connectivity index (χ0) is 23.1. The van der Waals surface area contributed by atoms with Crippen LogP contribution in [-0.4, -0.2) is 23.7 Å². The lowest BCUT2D eigenvalue weighted by Gasteiger charge is -2.16. The van der Waals surface area contributed by atoms with Gasteiger partial charge >= 0.3 is 12.1 Å². The van der Waals surface area contributed by atoms with E-state index in [-0.39, 0.29) is 11.6 Å². The SMILES string of the molecule is C/C(=N/NC(=O)C(c1ccccc1)c1ccccc1)c1cccc(NC(=O)C(F)(F)F)c1. The second kappa shape index (κ2) is 9.91. The van der Waals surface area contributed by atoms with Gasteiger partial charge in [0.15, 0.2) is 0 Å². The molecule has 164 valence electrons. The fraction of sp³-hybridized carbons (Fsp3) is 0.125. The van der Waals surface area contributed by atoms with Gasteiger partial charge in [-0.2, -0.15) is 18.3 Å². The minimum atomic E-state index is -4.99. The number of nitrogens with one attached hydrogen (secondary N) is 2. The Balaban J connectivity index is 1.79. The molecule has 0 bridgehead atoms. The minimum absolute atomic E-state index is 0.0304. The van der Waals surface area contributed by atoms with E-state index in [1.165, 1.54) is 18.2 Å². The van der Waals surface area contributed by atoms with Crippen molar-refractivity contribution in [1.82, 2.24) is 5.43 Å². The van der Waals surface area contributed by atoms with Crippen molar-refractivity contribution in [2.24, 2.45) is 5.10 Å². The van der Waals surface area contributed by atoms with E-state index in [1.54, 1.807) is 18.3 Å². The summed E-state index contributed by atoms with van der Waals surface area (Å²) in [6, 6.07) is 24.2. The number of hydrogen-bond donors (Lipinski definition) is 2. The smallest absolute Gasteiger partial charge is 0.318 e. The largest absolute Gasteiger partial charge is 0.471 e. The minimum Gasteiger partial charge on any atom is -0.318 e. The molecule has 0 aliphatic heterocycles. The molecule has 0 saturated carbocycles. The number of benzene rings is 3. The molecule has 0 aliphatic carbocycles. The highest BCUT2D eigenvalue weighted by Crippen LogP contribution is 2.25. The summed E-state index contributed by atoms with van der Waals surface area (Å²) < 4.78 is 37.4. The molecule has 0 saturated heterocycles. The Morgan fingerprint density at radius 1 is 0.844 bits per heavy atom. The second-order valence-electron chi connectivity index (χ2n) is 6.96. The Labute approximate surface area is 183 Å². The fourth-order valence-corrected chi connectivity index (χ4v) is 3.08. The highest BCUT2D eigenvalue weighted by molar-refractivity contribution is 6.02. The van der Waals surface area contributed by atoms with Gasteiger partial charge in [0.05, 0.1) is 11.6 Å². The van der Waals surface area contributed by atoms with Crippen molar-refractivity contribution < 1.29 is 22.8 Å². The molecule has 3 rings (SSSR count). The first-order chi connectivity index (χ1) is 15.3. The van der Waals surface area contributed by atoms with Crippen LogP contribution in [0.25, 0.3) is 0 Å². The van der Waals surface area contributed by atoms with Crippen LogP contribution in [0.3, 0.4) is 0 Å². The van der Waals surface area contributed by atoms with Crippen molar-refractivity contribution in [2.45, 2.75) is 19.0 Å². The Morgan fingerprint density at radius 3 is 1.94 bits per heavy atom. The number of halogens is 3. The summed E-state index contributed by atoms with van der Waals surface area (Å²) in [5.41, 5.74) is 4.91. The molecule has 3 aromatic carbocycles. The zero-order valence-corrected chi connectivity index (χ0v) is 17.1. The standard InChI is InChI=1S/C24H20F3N3O2/c1-16(19-13-8-14-20(15-19)28-23(32)24(25,26)27)29-30-22(31)21(17-9-4-2-5-10-17)18-11-6-3-7-12-18/h2-15,21H,1H3,(H,28,32)(H,30,31)/b29-16-. The molecule has 0 unspecified atom stereocenters. The second-order valence-corrected chi connectivity index (χ2v) is 6.96. The Morgan fingerprint density at radius 2 is 1.41 bits per heavy atom. The predicted octanol–water partition coefficient (Wildman–Crippen LogP) is 4.86. The van der Waals surface area contributed by atoms with Gasteiger partial charge in [-0.3, -0.25) is 9.59 Å². The number of anilines is 1. The van der Waals surface area contributed by atoms with E-state index < -0.39 is 18.0 Å². The molecule has 0 radical (unpaired) electrons. The number of nitrogens with zero attached hydrogens (tertiary/aromatic N) is 1. The maximum absolute atomic E-state index is 13.0. The van der Waals surface area contributed by atoms with E-state index in [2.05, 4.69) is 10.5 Å². The van der Waals surface area contributed by atoms with Crippen LogP contribution in [0.2, 0.25) is 0 Å². The maximum atomic E-state index is 13.0. The topological polar surface area (TPSA) is 70.6 Å². The third-order valence-corrected chi connectivity index (χ3v) is 4.66. The van der Waals surface area contributed by atoms with Crippen LogP contribution < -0.4 is 10.7 Å². The Hall–Kier alpha value is -3.94. The van der Waals surface area contributed by atoms with E-state index in [1.807, 2.05) is 60.7 Å². The molecular weight excluding hydrogens is 419 g/mol. The summed E-state index contributed by atoms with van der Waals surface area (Å²) in [6.07, 6.45) is -4.99. The summed E-state index contributed by atoms with van der Waals surface area (Å²) in [7, 11) is 0. The van der Waals surface area contributed by atoms with Crippen LogP contribution in [0.1, 0.15) is 29.5 Å². The molecule has 8 heteroatoms. The van der Waals surface area contributed by atoms with E-state index in [0.29, 0.717) is 11.3 Å². The average Bonchev–Trinajstić information content (AvgIpc) is 2.78. The molecule has 0 heterocycles. The van der Waals surface area contributed by atoms with Crippen molar-refractivity contribution in [2.75, 3.05) is 5.32 Å². The first kappa shape index (κ1) is 22.7.